The zero-order valence-electron chi connectivity index (χ0n) is 11.7. The lowest BCUT2D eigenvalue weighted by Crippen LogP contribution is -2.52. The fraction of sp³-hybridized carbons (Fsp3) is 0.429. The second-order valence-corrected chi connectivity index (χ2v) is 4.85. The van der Waals surface area contributed by atoms with Gasteiger partial charge in [-0.05, 0) is 26.0 Å². The predicted molar refractivity (Wildman–Crippen MR) is 70.1 cm³/mol. The minimum Gasteiger partial charge on any atom is -0.467 e. The predicted octanol–water partition coefficient (Wildman–Crippen LogP) is 1.80. The molecule has 1 fully saturated rings. The van der Waals surface area contributed by atoms with E-state index >= 15 is 0 Å². The van der Waals surface area contributed by atoms with Gasteiger partial charge >= 0.3 is 12.1 Å². The van der Waals surface area contributed by atoms with Gasteiger partial charge in [0.25, 0.3) is 0 Å². The second kappa shape index (κ2) is 5.50. The van der Waals surface area contributed by atoms with E-state index in [1.165, 1.54) is 12.0 Å². The summed E-state index contributed by atoms with van der Waals surface area (Å²) in [5, 5.41) is 0. The number of carbonyl (C=O) groups excluding carboxylic acids is 2. The van der Waals surface area contributed by atoms with Crippen molar-refractivity contribution in [3.8, 4) is 5.75 Å². The molecule has 0 spiro atoms. The van der Waals surface area contributed by atoms with Crippen LogP contribution in [0.2, 0.25) is 0 Å². The Morgan fingerprint density at radius 1 is 1.30 bits per heavy atom. The van der Waals surface area contributed by atoms with Gasteiger partial charge < -0.3 is 14.2 Å². The molecule has 1 aromatic rings. The topological polar surface area (TPSA) is 65.1 Å². The van der Waals surface area contributed by atoms with Gasteiger partial charge in [0.2, 0.25) is 0 Å². The average molecular weight is 279 g/mol. The molecule has 108 valence electrons. The first-order chi connectivity index (χ1) is 9.45. The van der Waals surface area contributed by atoms with E-state index < -0.39 is 23.8 Å². The number of methoxy groups -OCH3 is 1. The molecule has 0 aliphatic carbocycles. The van der Waals surface area contributed by atoms with Crippen molar-refractivity contribution >= 4 is 12.1 Å². The lowest BCUT2D eigenvalue weighted by atomic mass is 10.2. The van der Waals surface area contributed by atoms with E-state index in [-0.39, 0.29) is 6.61 Å². The highest BCUT2D eigenvalue weighted by Crippen LogP contribution is 2.29. The normalized spacial score (nSPS) is 20.6. The van der Waals surface area contributed by atoms with Crippen LogP contribution in [0.25, 0.3) is 0 Å². The average Bonchev–Trinajstić information content (AvgIpc) is 2.74. The zero-order chi connectivity index (χ0) is 14.8. The van der Waals surface area contributed by atoms with Crippen LogP contribution >= 0.6 is 0 Å². The fourth-order valence-corrected chi connectivity index (χ4v) is 2.10. The maximum atomic E-state index is 12.3. The van der Waals surface area contributed by atoms with Crippen molar-refractivity contribution in [3.63, 3.8) is 0 Å². The molecule has 0 radical (unpaired) electrons. The van der Waals surface area contributed by atoms with Crippen molar-refractivity contribution < 1.29 is 23.8 Å². The molecule has 6 nitrogen and oxygen atoms in total. The molecular weight excluding hydrogens is 262 g/mol. The van der Waals surface area contributed by atoms with Crippen molar-refractivity contribution in [2.45, 2.75) is 25.6 Å². The summed E-state index contributed by atoms with van der Waals surface area (Å²) >= 11 is 0. The number of para-hydroxylation sites is 1. The Balaban J connectivity index is 2.18. The van der Waals surface area contributed by atoms with Gasteiger partial charge in [-0.15, -0.1) is 0 Å². The van der Waals surface area contributed by atoms with Crippen molar-refractivity contribution in [1.82, 2.24) is 4.90 Å². The van der Waals surface area contributed by atoms with Gasteiger partial charge in [-0.1, -0.05) is 18.2 Å². The summed E-state index contributed by atoms with van der Waals surface area (Å²) in [5.74, 6) is -0.121. The van der Waals surface area contributed by atoms with E-state index in [0.717, 1.165) is 0 Å². The number of ether oxygens (including phenoxy) is 3. The van der Waals surface area contributed by atoms with Gasteiger partial charge in [-0.3, -0.25) is 4.90 Å². The van der Waals surface area contributed by atoms with E-state index in [4.69, 9.17) is 9.47 Å². The molecule has 6 heteroatoms. The van der Waals surface area contributed by atoms with Gasteiger partial charge in [0, 0.05) is 0 Å². The number of rotatable bonds is 2. The van der Waals surface area contributed by atoms with Gasteiger partial charge in [0.1, 0.15) is 11.5 Å². The van der Waals surface area contributed by atoms with Crippen LogP contribution in [-0.2, 0) is 14.3 Å². The molecule has 1 atom stereocenters. The molecule has 1 heterocycles. The van der Waals surface area contributed by atoms with Gasteiger partial charge in [-0.25, -0.2) is 9.59 Å². The Bertz CT molecular complexity index is 500. The monoisotopic (exact) mass is 279 g/mol. The molecule has 0 saturated carbocycles. The molecule has 1 aliphatic rings. The SMILES string of the molecule is COC(=O)C1COC(C)(C)N1C(=O)Oc1ccccc1. The van der Waals surface area contributed by atoms with E-state index in [0.29, 0.717) is 5.75 Å². The van der Waals surface area contributed by atoms with Crippen molar-refractivity contribution in [2.24, 2.45) is 0 Å². The van der Waals surface area contributed by atoms with Gasteiger partial charge in [-0.2, -0.15) is 0 Å². The lowest BCUT2D eigenvalue weighted by molar-refractivity contribution is -0.145. The number of esters is 1. The first kappa shape index (κ1) is 14.3. The van der Waals surface area contributed by atoms with E-state index in [1.807, 2.05) is 6.07 Å². The molecule has 20 heavy (non-hydrogen) atoms. The highest BCUT2D eigenvalue weighted by molar-refractivity contribution is 5.83. The van der Waals surface area contributed by atoms with Crippen LogP contribution < -0.4 is 4.74 Å². The van der Waals surface area contributed by atoms with E-state index in [9.17, 15) is 9.59 Å². The van der Waals surface area contributed by atoms with Crippen molar-refractivity contribution in [1.29, 1.82) is 0 Å². The molecule has 0 aromatic heterocycles. The first-order valence-corrected chi connectivity index (χ1v) is 6.23. The Morgan fingerprint density at radius 3 is 2.55 bits per heavy atom. The Morgan fingerprint density at radius 2 is 1.95 bits per heavy atom. The van der Waals surface area contributed by atoms with E-state index in [2.05, 4.69) is 4.74 Å². The number of hydrogen-bond donors (Lipinski definition) is 0. The van der Waals surface area contributed by atoms with Gasteiger partial charge in [0.05, 0.1) is 13.7 Å². The second-order valence-electron chi connectivity index (χ2n) is 4.85. The summed E-state index contributed by atoms with van der Waals surface area (Å²) in [7, 11) is 1.27. The highest BCUT2D eigenvalue weighted by atomic mass is 16.6. The summed E-state index contributed by atoms with van der Waals surface area (Å²) in [4.78, 5) is 25.3. The molecule has 0 N–H and O–H groups in total. The largest absolute Gasteiger partial charge is 0.467 e. The molecular formula is C14H17NO5. The summed E-state index contributed by atoms with van der Waals surface area (Å²) < 4.78 is 15.4. The molecule has 1 unspecified atom stereocenters. The minimum atomic E-state index is -0.926. The molecule has 1 amide bonds. The zero-order valence-corrected chi connectivity index (χ0v) is 11.7. The van der Waals surface area contributed by atoms with Crippen LogP contribution in [0.15, 0.2) is 30.3 Å². The third-order valence-electron chi connectivity index (χ3n) is 3.10. The fourth-order valence-electron chi connectivity index (χ4n) is 2.10. The van der Waals surface area contributed by atoms with Crippen LogP contribution in [0.3, 0.4) is 0 Å². The highest BCUT2D eigenvalue weighted by Gasteiger charge is 2.48. The smallest absolute Gasteiger partial charge is 0.418 e. The molecule has 0 bridgehead atoms. The van der Waals surface area contributed by atoms with Crippen LogP contribution in [0.4, 0.5) is 4.79 Å². The molecule has 1 aromatic carbocycles. The maximum Gasteiger partial charge on any atom is 0.418 e. The third kappa shape index (κ3) is 2.75. The van der Waals surface area contributed by atoms with Crippen LogP contribution in [0.5, 0.6) is 5.75 Å². The Hall–Kier alpha value is -2.08. The third-order valence-corrected chi connectivity index (χ3v) is 3.10. The molecule has 2 rings (SSSR count). The van der Waals surface area contributed by atoms with Crippen LogP contribution in [0, 0.1) is 0 Å². The standard InChI is InChI=1S/C14H17NO5/c1-14(2)15(11(9-19-14)12(16)18-3)13(17)20-10-7-5-4-6-8-10/h4-8,11H,9H2,1-3H3. The quantitative estimate of drug-likeness (QED) is 0.772. The molecule has 1 saturated heterocycles. The lowest BCUT2D eigenvalue weighted by Gasteiger charge is -2.31. The molecule has 1 aliphatic heterocycles. The summed E-state index contributed by atoms with van der Waals surface area (Å²) in [5.41, 5.74) is -0.926. The minimum absolute atomic E-state index is 0.0869. The van der Waals surface area contributed by atoms with E-state index in [1.54, 1.807) is 38.1 Å². The summed E-state index contributed by atoms with van der Waals surface area (Å²) in [6.45, 7) is 3.48. The summed E-state index contributed by atoms with van der Waals surface area (Å²) in [6, 6.07) is 7.85. The summed E-state index contributed by atoms with van der Waals surface area (Å²) in [6.07, 6.45) is -0.644. The van der Waals surface area contributed by atoms with Gasteiger partial charge in [0.15, 0.2) is 6.04 Å². The number of nitrogens with zero attached hydrogens (tertiary/aromatic N) is 1. The van der Waals surface area contributed by atoms with Crippen molar-refractivity contribution in [3.05, 3.63) is 30.3 Å². The number of amides is 1. The number of carbonyl (C=O) groups is 2. The first-order valence-electron chi connectivity index (χ1n) is 6.23. The Labute approximate surface area is 117 Å². The number of benzene rings is 1. The van der Waals surface area contributed by atoms with Crippen LogP contribution in [0.1, 0.15) is 13.8 Å². The maximum absolute atomic E-state index is 12.3. The number of hydrogen-bond acceptors (Lipinski definition) is 5. The van der Waals surface area contributed by atoms with Crippen LogP contribution in [-0.4, -0.2) is 42.4 Å². The van der Waals surface area contributed by atoms with Crippen molar-refractivity contribution in [2.75, 3.05) is 13.7 Å². The Kier molecular flexibility index (Phi) is 3.94.